The summed E-state index contributed by atoms with van der Waals surface area (Å²) in [4.78, 5) is 15.6. The number of hydrogen-bond donors (Lipinski definition) is 0. The zero-order chi connectivity index (χ0) is 12.1. The molecule has 0 saturated carbocycles. The maximum atomic E-state index is 11.3. The van der Waals surface area contributed by atoms with E-state index in [0.29, 0.717) is 17.6 Å². The number of nitrogens with zero attached hydrogens (tertiary/aromatic N) is 1. The minimum absolute atomic E-state index is 0.141. The lowest BCUT2D eigenvalue weighted by atomic mass is 10.2. The van der Waals surface area contributed by atoms with Gasteiger partial charge in [0.25, 0.3) is 5.22 Å². The number of carbonyl (C=O) groups excluding carboxylic acids is 1. The molecule has 1 rings (SSSR count). The molecule has 0 aromatic carbocycles. The molecule has 0 spiro atoms. The first-order valence-electron chi connectivity index (χ1n) is 5.28. The van der Waals surface area contributed by atoms with E-state index in [2.05, 4.69) is 4.98 Å². The van der Waals surface area contributed by atoms with Crippen molar-refractivity contribution in [2.24, 2.45) is 5.92 Å². The minimum atomic E-state index is -0.171. The van der Waals surface area contributed by atoms with Crippen LogP contribution in [0.1, 0.15) is 25.3 Å². The zero-order valence-corrected chi connectivity index (χ0v) is 10.9. The van der Waals surface area contributed by atoms with E-state index in [-0.39, 0.29) is 11.9 Å². The molecule has 0 aliphatic carbocycles. The summed E-state index contributed by atoms with van der Waals surface area (Å²) in [6.45, 7) is 7.84. The van der Waals surface area contributed by atoms with Crippen LogP contribution in [0.5, 0.6) is 0 Å². The first-order chi connectivity index (χ1) is 7.54. The monoisotopic (exact) mass is 243 g/mol. The van der Waals surface area contributed by atoms with E-state index < -0.39 is 0 Å². The van der Waals surface area contributed by atoms with Gasteiger partial charge in [0.2, 0.25) is 0 Å². The fourth-order valence-electron chi connectivity index (χ4n) is 1.05. The second kappa shape index (κ2) is 5.94. The molecule has 0 aliphatic heterocycles. The van der Waals surface area contributed by atoms with Crippen molar-refractivity contribution in [1.29, 1.82) is 0 Å². The van der Waals surface area contributed by atoms with Crippen LogP contribution in [0.3, 0.4) is 0 Å². The van der Waals surface area contributed by atoms with E-state index in [1.807, 2.05) is 20.8 Å². The molecule has 1 unspecified atom stereocenters. The maximum absolute atomic E-state index is 11.3. The summed E-state index contributed by atoms with van der Waals surface area (Å²) in [6, 6.07) is 0. The quantitative estimate of drug-likeness (QED) is 0.587. The molecular formula is C11H17NO3S. The Balaban J connectivity index is 2.42. The van der Waals surface area contributed by atoms with Crippen LogP contribution in [0.2, 0.25) is 0 Å². The van der Waals surface area contributed by atoms with Gasteiger partial charge in [-0.2, -0.15) is 0 Å². The summed E-state index contributed by atoms with van der Waals surface area (Å²) in [6.07, 6.45) is 0. The van der Waals surface area contributed by atoms with Crippen molar-refractivity contribution in [3.63, 3.8) is 0 Å². The van der Waals surface area contributed by atoms with E-state index in [0.717, 1.165) is 11.5 Å². The number of aromatic nitrogens is 1. The Bertz CT molecular complexity index is 343. The number of aryl methyl sites for hydroxylation is 2. The Hall–Kier alpha value is -0.970. The molecule has 1 atom stereocenters. The number of ether oxygens (including phenoxy) is 1. The van der Waals surface area contributed by atoms with Gasteiger partial charge in [-0.25, -0.2) is 4.98 Å². The molecule has 0 amide bonds. The van der Waals surface area contributed by atoms with Crippen LogP contribution in [0.25, 0.3) is 0 Å². The Morgan fingerprint density at radius 3 is 2.75 bits per heavy atom. The lowest BCUT2D eigenvalue weighted by Gasteiger charge is -2.07. The molecule has 0 bridgehead atoms. The van der Waals surface area contributed by atoms with E-state index >= 15 is 0 Å². The van der Waals surface area contributed by atoms with Crippen molar-refractivity contribution in [2.75, 3.05) is 12.4 Å². The summed E-state index contributed by atoms with van der Waals surface area (Å²) < 4.78 is 10.3. The second-order valence-corrected chi connectivity index (χ2v) is 4.56. The summed E-state index contributed by atoms with van der Waals surface area (Å²) >= 11 is 1.44. The number of thioether (sulfide) groups is 1. The summed E-state index contributed by atoms with van der Waals surface area (Å²) in [7, 11) is 0. The van der Waals surface area contributed by atoms with Gasteiger partial charge in [-0.15, -0.1) is 0 Å². The van der Waals surface area contributed by atoms with Crippen molar-refractivity contribution >= 4 is 17.7 Å². The van der Waals surface area contributed by atoms with Gasteiger partial charge in [0.15, 0.2) is 0 Å². The molecule has 4 nitrogen and oxygen atoms in total. The first kappa shape index (κ1) is 13.1. The van der Waals surface area contributed by atoms with Crippen LogP contribution in [0.15, 0.2) is 9.64 Å². The van der Waals surface area contributed by atoms with Crippen LogP contribution in [0, 0.1) is 19.8 Å². The Morgan fingerprint density at radius 1 is 1.56 bits per heavy atom. The third kappa shape index (κ3) is 3.56. The van der Waals surface area contributed by atoms with E-state index in [1.54, 1.807) is 6.92 Å². The van der Waals surface area contributed by atoms with Crippen LogP contribution < -0.4 is 0 Å². The molecule has 0 fully saturated rings. The highest BCUT2D eigenvalue weighted by atomic mass is 32.2. The van der Waals surface area contributed by atoms with Crippen LogP contribution in [-0.2, 0) is 9.53 Å². The fourth-order valence-corrected chi connectivity index (χ4v) is 1.97. The average Bonchev–Trinajstić information content (AvgIpc) is 2.55. The van der Waals surface area contributed by atoms with Crippen LogP contribution in [0.4, 0.5) is 0 Å². The van der Waals surface area contributed by atoms with Gasteiger partial charge in [-0.05, 0) is 20.8 Å². The van der Waals surface area contributed by atoms with Gasteiger partial charge in [-0.3, -0.25) is 4.79 Å². The Kier molecular flexibility index (Phi) is 4.86. The van der Waals surface area contributed by atoms with Crippen molar-refractivity contribution in [3.8, 4) is 0 Å². The van der Waals surface area contributed by atoms with Gasteiger partial charge >= 0.3 is 5.97 Å². The van der Waals surface area contributed by atoms with Crippen molar-refractivity contribution in [1.82, 2.24) is 4.98 Å². The van der Waals surface area contributed by atoms with Crippen molar-refractivity contribution < 1.29 is 13.9 Å². The Labute approximate surface area is 99.8 Å². The first-order valence-corrected chi connectivity index (χ1v) is 6.26. The van der Waals surface area contributed by atoms with Gasteiger partial charge in [-0.1, -0.05) is 18.7 Å². The topological polar surface area (TPSA) is 52.3 Å². The lowest BCUT2D eigenvalue weighted by Crippen LogP contribution is -2.16. The van der Waals surface area contributed by atoms with Crippen LogP contribution >= 0.6 is 11.8 Å². The third-order valence-corrected chi connectivity index (χ3v) is 3.24. The van der Waals surface area contributed by atoms with Crippen molar-refractivity contribution in [2.45, 2.75) is 32.9 Å². The van der Waals surface area contributed by atoms with E-state index in [1.165, 1.54) is 11.8 Å². The molecular weight excluding hydrogens is 226 g/mol. The summed E-state index contributed by atoms with van der Waals surface area (Å²) in [5.41, 5.74) is 0.895. The van der Waals surface area contributed by atoms with E-state index in [4.69, 9.17) is 9.15 Å². The fraction of sp³-hybridized carbons (Fsp3) is 0.636. The Morgan fingerprint density at radius 2 is 2.25 bits per heavy atom. The number of esters is 1. The third-order valence-electron chi connectivity index (χ3n) is 2.15. The number of carbonyl (C=O) groups is 1. The molecule has 1 heterocycles. The molecule has 0 radical (unpaired) electrons. The molecule has 0 aliphatic rings. The molecule has 1 aromatic rings. The molecule has 90 valence electrons. The number of rotatable bonds is 5. The minimum Gasteiger partial charge on any atom is -0.466 e. The van der Waals surface area contributed by atoms with Gasteiger partial charge in [0.05, 0.1) is 18.2 Å². The average molecular weight is 243 g/mol. The lowest BCUT2D eigenvalue weighted by molar-refractivity contribution is -0.146. The molecule has 0 N–H and O–H groups in total. The molecule has 0 saturated heterocycles. The van der Waals surface area contributed by atoms with Gasteiger partial charge in [0.1, 0.15) is 5.76 Å². The summed E-state index contributed by atoms with van der Waals surface area (Å²) in [5, 5.41) is 0.617. The van der Waals surface area contributed by atoms with Gasteiger partial charge in [0, 0.05) is 5.75 Å². The van der Waals surface area contributed by atoms with Gasteiger partial charge < -0.3 is 9.15 Å². The largest absolute Gasteiger partial charge is 0.466 e. The second-order valence-electron chi connectivity index (χ2n) is 3.59. The zero-order valence-electron chi connectivity index (χ0n) is 10.1. The SMILES string of the molecule is CCOC(=O)C(C)CSc1nc(C)c(C)o1. The molecule has 16 heavy (non-hydrogen) atoms. The standard InChI is InChI=1S/C11H17NO3S/c1-5-14-10(13)7(2)6-16-11-12-8(3)9(4)15-11/h7H,5-6H2,1-4H3. The number of oxazole rings is 1. The van der Waals surface area contributed by atoms with Crippen molar-refractivity contribution in [3.05, 3.63) is 11.5 Å². The predicted molar refractivity (Wildman–Crippen MR) is 62.5 cm³/mol. The smallest absolute Gasteiger partial charge is 0.309 e. The highest BCUT2D eigenvalue weighted by molar-refractivity contribution is 7.99. The molecule has 1 aromatic heterocycles. The summed E-state index contributed by atoms with van der Waals surface area (Å²) in [5.74, 6) is 1.14. The highest BCUT2D eigenvalue weighted by Gasteiger charge is 2.16. The highest BCUT2D eigenvalue weighted by Crippen LogP contribution is 2.22. The normalized spacial score (nSPS) is 12.5. The van der Waals surface area contributed by atoms with E-state index in [9.17, 15) is 4.79 Å². The number of hydrogen-bond acceptors (Lipinski definition) is 5. The van der Waals surface area contributed by atoms with Crippen LogP contribution in [-0.4, -0.2) is 23.3 Å². The maximum Gasteiger partial charge on any atom is 0.309 e. The molecule has 5 heteroatoms. The predicted octanol–water partition coefficient (Wildman–Crippen LogP) is 2.58.